The van der Waals surface area contributed by atoms with Gasteiger partial charge in [-0.3, -0.25) is 4.57 Å². The number of aromatic nitrogens is 4. The molecule has 0 radical (unpaired) electrons. The third-order valence-electron chi connectivity index (χ3n) is 11.3. The van der Waals surface area contributed by atoms with E-state index < -0.39 is 0 Å². The molecule has 250 valence electrons. The number of nitrogens with zero attached hydrogens (tertiary/aromatic N) is 4. The highest BCUT2D eigenvalue weighted by molar-refractivity contribution is 6.28. The highest BCUT2D eigenvalue weighted by atomic mass is 15.2. The molecule has 0 aliphatic carbocycles. The van der Waals surface area contributed by atoms with Crippen LogP contribution in [0.1, 0.15) is 0 Å². The molecule has 3 aromatic heterocycles. The second-order valence-corrected chi connectivity index (χ2v) is 14.2. The molecular formula is C50H30N4. The summed E-state index contributed by atoms with van der Waals surface area (Å²) in [6, 6.07) is 65.4. The van der Waals surface area contributed by atoms with Crippen LogP contribution in [0.15, 0.2) is 182 Å². The van der Waals surface area contributed by atoms with Gasteiger partial charge in [0.1, 0.15) is 0 Å². The summed E-state index contributed by atoms with van der Waals surface area (Å²) in [5, 5.41) is 13.3. The summed E-state index contributed by atoms with van der Waals surface area (Å²) in [6.07, 6.45) is 0. The van der Waals surface area contributed by atoms with Crippen molar-refractivity contribution in [2.45, 2.75) is 0 Å². The summed E-state index contributed by atoms with van der Waals surface area (Å²) >= 11 is 0. The van der Waals surface area contributed by atoms with Gasteiger partial charge in [-0.2, -0.15) is 0 Å². The highest BCUT2D eigenvalue weighted by Gasteiger charge is 2.21. The van der Waals surface area contributed by atoms with E-state index in [2.05, 4.69) is 191 Å². The fraction of sp³-hybridized carbons (Fsp3) is 0. The maximum atomic E-state index is 5.42. The molecule has 0 aliphatic heterocycles. The van der Waals surface area contributed by atoms with Crippen molar-refractivity contribution in [3.8, 4) is 22.9 Å². The van der Waals surface area contributed by atoms with Crippen LogP contribution in [0.5, 0.6) is 0 Å². The third-order valence-corrected chi connectivity index (χ3v) is 11.3. The SMILES string of the molecule is c1ccc2c(-c3nc(-n4c5ccccc5c5cc(-n6c7ccc8ccccc8c7c7c8ccccc8ccc76)ccc54)nc4ccccc34)cccc2c1. The minimum absolute atomic E-state index is 0.658. The van der Waals surface area contributed by atoms with Crippen LogP contribution < -0.4 is 0 Å². The van der Waals surface area contributed by atoms with Gasteiger partial charge in [-0.15, -0.1) is 0 Å². The number of fused-ring (bicyclic) bond motifs is 12. The lowest BCUT2D eigenvalue weighted by Gasteiger charge is -2.13. The fourth-order valence-corrected chi connectivity index (χ4v) is 8.94. The van der Waals surface area contributed by atoms with E-state index in [0.717, 1.165) is 49.7 Å². The first-order chi connectivity index (χ1) is 26.8. The van der Waals surface area contributed by atoms with E-state index in [-0.39, 0.29) is 0 Å². The second kappa shape index (κ2) is 11.1. The summed E-state index contributed by atoms with van der Waals surface area (Å²) in [4.78, 5) is 10.7. The molecule has 12 rings (SSSR count). The summed E-state index contributed by atoms with van der Waals surface area (Å²) in [5.41, 5.74) is 8.59. The quantitative estimate of drug-likeness (QED) is 0.185. The van der Waals surface area contributed by atoms with E-state index in [4.69, 9.17) is 9.97 Å². The Hall–Kier alpha value is -7.30. The van der Waals surface area contributed by atoms with Gasteiger partial charge in [-0.25, -0.2) is 9.97 Å². The molecule has 0 amide bonds. The molecule has 0 unspecified atom stereocenters. The van der Waals surface area contributed by atoms with E-state index in [9.17, 15) is 0 Å². The van der Waals surface area contributed by atoms with Crippen LogP contribution in [0.25, 0.3) is 110 Å². The van der Waals surface area contributed by atoms with Crippen LogP contribution >= 0.6 is 0 Å². The zero-order valence-electron chi connectivity index (χ0n) is 29.1. The lowest BCUT2D eigenvalue weighted by atomic mass is 9.99. The predicted octanol–water partition coefficient (Wildman–Crippen LogP) is 13.0. The van der Waals surface area contributed by atoms with Gasteiger partial charge in [-0.1, -0.05) is 140 Å². The van der Waals surface area contributed by atoms with Gasteiger partial charge in [0.15, 0.2) is 0 Å². The standard InChI is InChI=1S/C50H30N4/c1-4-16-35-31(12-1)15-11-21-39(35)49-40-20-7-9-22-42(40)51-50(52-49)54-43-23-10-8-19-38(43)41-30-34(26-29-44(41)54)53-45-27-24-32-13-2-5-17-36(32)47(45)48-37-18-6-3-14-33(37)25-28-46(48)53/h1-30H. The highest BCUT2D eigenvalue weighted by Crippen LogP contribution is 2.42. The lowest BCUT2D eigenvalue weighted by molar-refractivity contribution is 1.01. The van der Waals surface area contributed by atoms with E-state index in [1.54, 1.807) is 0 Å². The van der Waals surface area contributed by atoms with E-state index >= 15 is 0 Å². The van der Waals surface area contributed by atoms with Crippen LogP contribution in [-0.4, -0.2) is 19.1 Å². The van der Waals surface area contributed by atoms with E-state index in [1.807, 2.05) is 0 Å². The Morgan fingerprint density at radius 1 is 0.333 bits per heavy atom. The van der Waals surface area contributed by atoms with Crippen molar-refractivity contribution in [3.63, 3.8) is 0 Å². The molecule has 9 aromatic carbocycles. The molecule has 0 saturated heterocycles. The molecule has 0 bridgehead atoms. The molecule has 0 aliphatic rings. The number of para-hydroxylation sites is 2. The molecule has 4 heteroatoms. The van der Waals surface area contributed by atoms with Crippen molar-refractivity contribution in [2.24, 2.45) is 0 Å². The average Bonchev–Trinajstić information content (AvgIpc) is 3.76. The van der Waals surface area contributed by atoms with Gasteiger partial charge in [-0.05, 0) is 74.8 Å². The second-order valence-electron chi connectivity index (χ2n) is 14.2. The summed E-state index contributed by atoms with van der Waals surface area (Å²) in [5.74, 6) is 0.658. The van der Waals surface area contributed by atoms with E-state index in [1.165, 1.54) is 54.1 Å². The Balaban J connectivity index is 1.15. The topological polar surface area (TPSA) is 35.6 Å². The molecular weight excluding hydrogens is 657 g/mol. The summed E-state index contributed by atoms with van der Waals surface area (Å²) < 4.78 is 4.68. The molecule has 4 nitrogen and oxygen atoms in total. The third kappa shape index (κ3) is 4.08. The molecule has 0 atom stereocenters. The number of benzene rings is 9. The largest absolute Gasteiger partial charge is 0.309 e. The number of rotatable bonds is 3. The zero-order chi connectivity index (χ0) is 35.3. The summed E-state index contributed by atoms with van der Waals surface area (Å²) in [7, 11) is 0. The smallest absolute Gasteiger partial charge is 0.235 e. The van der Waals surface area contributed by atoms with Gasteiger partial charge >= 0.3 is 0 Å². The Kier molecular flexibility index (Phi) is 6.02. The molecule has 0 fully saturated rings. The van der Waals surface area contributed by atoms with Gasteiger partial charge in [0, 0.05) is 38.2 Å². The Morgan fingerprint density at radius 3 is 1.59 bits per heavy atom. The van der Waals surface area contributed by atoms with Gasteiger partial charge in [0.05, 0.1) is 33.3 Å². The van der Waals surface area contributed by atoms with Crippen molar-refractivity contribution in [2.75, 3.05) is 0 Å². The Labute approximate surface area is 309 Å². The maximum absolute atomic E-state index is 5.42. The number of hydrogen-bond donors (Lipinski definition) is 0. The normalized spacial score (nSPS) is 12.1. The predicted molar refractivity (Wildman–Crippen MR) is 226 cm³/mol. The molecule has 3 heterocycles. The van der Waals surface area contributed by atoms with Crippen molar-refractivity contribution >= 4 is 86.8 Å². The first kappa shape index (κ1) is 29.3. The monoisotopic (exact) mass is 686 g/mol. The van der Waals surface area contributed by atoms with Crippen molar-refractivity contribution in [1.82, 2.24) is 19.1 Å². The minimum Gasteiger partial charge on any atom is -0.309 e. The van der Waals surface area contributed by atoms with Crippen LogP contribution in [0.4, 0.5) is 0 Å². The first-order valence-electron chi connectivity index (χ1n) is 18.4. The van der Waals surface area contributed by atoms with Crippen LogP contribution in [0, 0.1) is 0 Å². The fourth-order valence-electron chi connectivity index (χ4n) is 8.94. The van der Waals surface area contributed by atoms with Crippen molar-refractivity contribution < 1.29 is 0 Å². The van der Waals surface area contributed by atoms with Crippen LogP contribution in [0.3, 0.4) is 0 Å². The van der Waals surface area contributed by atoms with Gasteiger partial charge in [0.25, 0.3) is 0 Å². The van der Waals surface area contributed by atoms with Gasteiger partial charge in [0.2, 0.25) is 5.95 Å². The van der Waals surface area contributed by atoms with Crippen molar-refractivity contribution in [3.05, 3.63) is 182 Å². The minimum atomic E-state index is 0.658. The molecule has 0 saturated carbocycles. The molecule has 12 aromatic rings. The zero-order valence-corrected chi connectivity index (χ0v) is 29.1. The Bertz CT molecular complexity index is 3420. The maximum Gasteiger partial charge on any atom is 0.235 e. The average molecular weight is 687 g/mol. The first-order valence-corrected chi connectivity index (χ1v) is 18.4. The van der Waals surface area contributed by atoms with E-state index in [0.29, 0.717) is 5.95 Å². The Morgan fingerprint density at radius 2 is 0.870 bits per heavy atom. The molecule has 0 spiro atoms. The molecule has 54 heavy (non-hydrogen) atoms. The van der Waals surface area contributed by atoms with Crippen molar-refractivity contribution in [1.29, 1.82) is 0 Å². The summed E-state index contributed by atoms with van der Waals surface area (Å²) in [6.45, 7) is 0. The van der Waals surface area contributed by atoms with Gasteiger partial charge < -0.3 is 4.57 Å². The lowest BCUT2D eigenvalue weighted by Crippen LogP contribution is -2.03. The molecule has 0 N–H and O–H groups in total. The van der Waals surface area contributed by atoms with Crippen LogP contribution in [0.2, 0.25) is 0 Å². The van der Waals surface area contributed by atoms with Crippen LogP contribution in [-0.2, 0) is 0 Å². The number of hydrogen-bond acceptors (Lipinski definition) is 2.